The van der Waals surface area contributed by atoms with Crippen LogP contribution in [0.15, 0.2) is 46.9 Å². The van der Waals surface area contributed by atoms with E-state index in [1.165, 1.54) is 0 Å². The molecule has 2 aromatic rings. The Morgan fingerprint density at radius 3 is 2.34 bits per heavy atom. The van der Waals surface area contributed by atoms with Crippen LogP contribution in [0, 0.1) is 17.7 Å². The molecule has 3 rings (SSSR count). The Kier molecular flexibility index (Phi) is 8.00. The van der Waals surface area contributed by atoms with Crippen molar-refractivity contribution in [2.24, 2.45) is 11.8 Å². The summed E-state index contributed by atoms with van der Waals surface area (Å²) in [5.74, 6) is -7.10. The zero-order valence-electron chi connectivity index (χ0n) is 18.2. The molecule has 0 spiro atoms. The number of carbonyl (C=O) groups excluding carboxylic acids is 2. The number of hydrogen-bond acceptors (Lipinski definition) is 4. The lowest BCUT2D eigenvalue weighted by atomic mass is 9.62. The summed E-state index contributed by atoms with van der Waals surface area (Å²) in [5.41, 5.74) is -2.81. The smallest absolute Gasteiger partial charge is 0.416 e. The fraction of sp³-hybridized carbons (Fsp3) is 0.375. The highest BCUT2D eigenvalue weighted by atomic mass is 79.9. The minimum Gasteiger partial charge on any atom is -0.481 e. The summed E-state index contributed by atoms with van der Waals surface area (Å²) in [6.07, 6.45) is -4.58. The van der Waals surface area contributed by atoms with E-state index < -0.39 is 58.5 Å². The van der Waals surface area contributed by atoms with Gasteiger partial charge in [0.15, 0.2) is 0 Å². The Balaban J connectivity index is 1.97. The van der Waals surface area contributed by atoms with Crippen LogP contribution < -0.4 is 5.32 Å². The van der Waals surface area contributed by atoms with Gasteiger partial charge in [0.05, 0.1) is 28.7 Å². The molecule has 0 saturated heterocycles. The van der Waals surface area contributed by atoms with Gasteiger partial charge in [-0.1, -0.05) is 28.1 Å². The van der Waals surface area contributed by atoms with Gasteiger partial charge in [0.1, 0.15) is 12.1 Å². The van der Waals surface area contributed by atoms with Gasteiger partial charge >= 0.3 is 12.1 Å². The van der Waals surface area contributed by atoms with Gasteiger partial charge in [0.25, 0.3) is 0 Å². The number of hydrogen-bond donors (Lipinski definition) is 3. The average molecular weight is 560 g/mol. The predicted octanol–water partition coefficient (Wildman–Crippen LogP) is 5.15. The Hall–Kier alpha value is -2.79. The van der Waals surface area contributed by atoms with Crippen molar-refractivity contribution in [3.63, 3.8) is 0 Å². The monoisotopic (exact) mass is 559 g/mol. The van der Waals surface area contributed by atoms with E-state index in [1.54, 1.807) is 24.3 Å². The number of rotatable bonds is 7. The number of aliphatic hydroxyl groups is 1. The van der Waals surface area contributed by atoms with Gasteiger partial charge in [-0.25, -0.2) is 4.39 Å². The van der Waals surface area contributed by atoms with Gasteiger partial charge < -0.3 is 20.3 Å². The van der Waals surface area contributed by atoms with Gasteiger partial charge in [-0.2, -0.15) is 13.2 Å². The first-order chi connectivity index (χ1) is 16.3. The molecular formula is C24H22BrF4NO5. The zero-order valence-corrected chi connectivity index (χ0v) is 19.8. The van der Waals surface area contributed by atoms with E-state index in [-0.39, 0.29) is 31.7 Å². The Morgan fingerprint density at radius 2 is 1.80 bits per heavy atom. The van der Waals surface area contributed by atoms with E-state index in [9.17, 15) is 42.2 Å². The SMILES string of the molecule is O=CCCC1(O)CC(C(=O)Nc2ccc(C(F)(F)F)cc2F)C(C(=O)O)C(c2ccc(Br)cc2)C1. The van der Waals surface area contributed by atoms with E-state index in [0.29, 0.717) is 17.9 Å². The molecule has 1 amide bonds. The third-order valence-corrected chi connectivity index (χ3v) is 6.80. The molecule has 35 heavy (non-hydrogen) atoms. The highest BCUT2D eigenvalue weighted by molar-refractivity contribution is 9.10. The molecule has 2 aromatic carbocycles. The van der Waals surface area contributed by atoms with E-state index in [2.05, 4.69) is 21.2 Å². The number of aldehydes is 1. The molecule has 11 heteroatoms. The van der Waals surface area contributed by atoms with Gasteiger partial charge in [-0.3, -0.25) is 9.59 Å². The Morgan fingerprint density at radius 1 is 1.14 bits per heavy atom. The maximum Gasteiger partial charge on any atom is 0.416 e. The molecule has 0 bridgehead atoms. The van der Waals surface area contributed by atoms with Crippen LogP contribution in [0.5, 0.6) is 0 Å². The quantitative estimate of drug-likeness (QED) is 0.321. The molecule has 1 fully saturated rings. The van der Waals surface area contributed by atoms with Gasteiger partial charge in [-0.05, 0) is 55.2 Å². The molecule has 4 atom stereocenters. The van der Waals surface area contributed by atoms with Crippen LogP contribution in [-0.4, -0.2) is 34.0 Å². The first kappa shape index (κ1) is 26.8. The standard InChI is InChI=1S/C24H22BrF4NO5/c25-15-5-2-13(3-6-15)16-11-23(35,8-1-9-31)12-17(20(16)22(33)34)21(32)30-19-7-4-14(10-18(19)26)24(27,28)29/h2-7,9-10,16-17,20,35H,1,8,11-12H2,(H,30,32)(H,33,34). The average Bonchev–Trinajstić information content (AvgIpc) is 2.78. The highest BCUT2D eigenvalue weighted by Crippen LogP contribution is 2.48. The summed E-state index contributed by atoms with van der Waals surface area (Å²) in [6, 6.07) is 8.25. The van der Waals surface area contributed by atoms with Crippen LogP contribution in [0.25, 0.3) is 0 Å². The lowest BCUT2D eigenvalue weighted by Crippen LogP contribution is -2.49. The first-order valence-electron chi connectivity index (χ1n) is 10.7. The molecule has 0 aromatic heterocycles. The predicted molar refractivity (Wildman–Crippen MR) is 121 cm³/mol. The molecule has 3 N–H and O–H groups in total. The van der Waals surface area contributed by atoms with Crippen LogP contribution in [0.2, 0.25) is 0 Å². The van der Waals surface area contributed by atoms with Crippen molar-refractivity contribution in [3.8, 4) is 0 Å². The van der Waals surface area contributed by atoms with Gasteiger partial charge in [0, 0.05) is 16.8 Å². The maximum atomic E-state index is 14.3. The van der Waals surface area contributed by atoms with Crippen molar-refractivity contribution in [2.75, 3.05) is 5.32 Å². The number of alkyl halides is 3. The minimum atomic E-state index is -4.78. The number of anilines is 1. The molecule has 1 saturated carbocycles. The van der Waals surface area contributed by atoms with Crippen LogP contribution in [-0.2, 0) is 20.6 Å². The molecule has 0 radical (unpaired) electrons. The number of carbonyl (C=O) groups is 3. The van der Waals surface area contributed by atoms with E-state index in [0.717, 1.165) is 10.5 Å². The largest absolute Gasteiger partial charge is 0.481 e. The fourth-order valence-corrected chi connectivity index (χ4v) is 4.89. The van der Waals surface area contributed by atoms with E-state index >= 15 is 0 Å². The van der Waals surface area contributed by atoms with Gasteiger partial charge in [-0.15, -0.1) is 0 Å². The topological polar surface area (TPSA) is 104 Å². The summed E-state index contributed by atoms with van der Waals surface area (Å²) in [5, 5.41) is 23.4. The number of carboxylic acid groups (broad SMARTS) is 1. The second-order valence-electron chi connectivity index (χ2n) is 8.65. The third kappa shape index (κ3) is 6.26. The summed E-state index contributed by atoms with van der Waals surface area (Å²) in [6.45, 7) is 0. The Labute approximate surface area is 206 Å². The lowest BCUT2D eigenvalue weighted by molar-refractivity contribution is -0.154. The van der Waals surface area contributed by atoms with Gasteiger partial charge in [0.2, 0.25) is 5.91 Å². The molecule has 1 aliphatic carbocycles. The molecule has 1 aliphatic rings. The third-order valence-electron chi connectivity index (χ3n) is 6.27. The van der Waals surface area contributed by atoms with Crippen molar-refractivity contribution < 1.29 is 42.2 Å². The molecule has 4 unspecified atom stereocenters. The van der Waals surface area contributed by atoms with Crippen LogP contribution in [0.1, 0.15) is 42.7 Å². The number of amides is 1. The van der Waals surface area contributed by atoms with Crippen LogP contribution in [0.4, 0.5) is 23.2 Å². The summed E-state index contributed by atoms with van der Waals surface area (Å²) < 4.78 is 53.6. The van der Waals surface area contributed by atoms with E-state index in [1.807, 2.05) is 0 Å². The number of nitrogens with one attached hydrogen (secondary N) is 1. The minimum absolute atomic E-state index is 0.0196. The fourth-order valence-electron chi connectivity index (χ4n) is 4.62. The van der Waals surface area contributed by atoms with Crippen molar-refractivity contribution in [3.05, 3.63) is 63.9 Å². The summed E-state index contributed by atoms with van der Waals surface area (Å²) in [7, 11) is 0. The molecular weight excluding hydrogens is 538 g/mol. The lowest BCUT2D eigenvalue weighted by Gasteiger charge is -2.44. The van der Waals surface area contributed by atoms with Crippen molar-refractivity contribution >= 4 is 39.8 Å². The number of aliphatic carboxylic acids is 1. The highest BCUT2D eigenvalue weighted by Gasteiger charge is 2.51. The number of benzene rings is 2. The van der Waals surface area contributed by atoms with E-state index in [4.69, 9.17) is 0 Å². The molecule has 188 valence electrons. The summed E-state index contributed by atoms with van der Waals surface area (Å²) in [4.78, 5) is 36.4. The first-order valence-corrected chi connectivity index (χ1v) is 11.5. The maximum absolute atomic E-state index is 14.3. The second-order valence-corrected chi connectivity index (χ2v) is 9.56. The number of halogens is 5. The zero-order chi connectivity index (χ0) is 26.0. The van der Waals surface area contributed by atoms with Crippen molar-refractivity contribution in [1.82, 2.24) is 0 Å². The number of carboxylic acids is 1. The molecule has 0 heterocycles. The van der Waals surface area contributed by atoms with Crippen molar-refractivity contribution in [1.29, 1.82) is 0 Å². The summed E-state index contributed by atoms with van der Waals surface area (Å²) >= 11 is 3.29. The second kappa shape index (κ2) is 10.4. The molecule has 6 nitrogen and oxygen atoms in total. The van der Waals surface area contributed by atoms with Crippen LogP contribution in [0.3, 0.4) is 0 Å². The molecule has 0 aliphatic heterocycles. The normalized spacial score (nSPS) is 24.6. The van der Waals surface area contributed by atoms with Crippen molar-refractivity contribution in [2.45, 2.75) is 43.4 Å². The van der Waals surface area contributed by atoms with Crippen LogP contribution >= 0.6 is 15.9 Å². The Bertz CT molecular complexity index is 1110.